The first kappa shape index (κ1) is 30.2. The van der Waals surface area contributed by atoms with E-state index in [0.717, 1.165) is 60.5 Å². The van der Waals surface area contributed by atoms with Gasteiger partial charge in [0.2, 0.25) is 5.12 Å². The van der Waals surface area contributed by atoms with Crippen molar-refractivity contribution in [3.63, 3.8) is 0 Å². The van der Waals surface area contributed by atoms with E-state index in [2.05, 4.69) is 47.6 Å². The van der Waals surface area contributed by atoms with Gasteiger partial charge in [-0.1, -0.05) is 102 Å². The number of carbonyl (C=O) groups is 1. The van der Waals surface area contributed by atoms with E-state index in [1.54, 1.807) is 17.3 Å². The maximum Gasteiger partial charge on any atom is 0.229 e. The fourth-order valence-corrected chi connectivity index (χ4v) is 11.1. The van der Waals surface area contributed by atoms with Crippen LogP contribution < -0.4 is 4.74 Å². The van der Waals surface area contributed by atoms with Crippen molar-refractivity contribution in [2.24, 2.45) is 46.3 Å². The van der Waals surface area contributed by atoms with Gasteiger partial charge in [0.1, 0.15) is 5.75 Å². The van der Waals surface area contributed by atoms with Gasteiger partial charge >= 0.3 is 0 Å². The van der Waals surface area contributed by atoms with Gasteiger partial charge in [-0.05, 0) is 116 Å². The number of rotatable bonds is 10. The van der Waals surface area contributed by atoms with E-state index >= 15 is 0 Å². The molecule has 0 unspecified atom stereocenters. The second kappa shape index (κ2) is 12.6. The molecule has 0 amide bonds. The topological polar surface area (TPSA) is 26.3 Å². The Balaban J connectivity index is 1.22. The second-order valence-electron chi connectivity index (χ2n) is 14.9. The molecule has 1 aromatic rings. The zero-order valence-corrected chi connectivity index (χ0v) is 27.1. The number of thioether (sulfide) groups is 1. The Morgan fingerprint density at radius 2 is 1.77 bits per heavy atom. The van der Waals surface area contributed by atoms with Gasteiger partial charge < -0.3 is 4.74 Å². The monoisotopic (exact) mass is 564 g/mol. The molecule has 5 rings (SSSR count). The highest BCUT2D eigenvalue weighted by molar-refractivity contribution is 8.14. The summed E-state index contributed by atoms with van der Waals surface area (Å²) in [4.78, 5) is 13.3. The number of hydrogen-bond acceptors (Lipinski definition) is 3. The molecule has 3 fully saturated rings. The van der Waals surface area contributed by atoms with E-state index in [4.69, 9.17) is 4.74 Å². The van der Waals surface area contributed by atoms with Gasteiger partial charge in [-0.25, -0.2) is 0 Å². The molecule has 0 bridgehead atoms. The minimum atomic E-state index is -0.357. The fourth-order valence-electron chi connectivity index (χ4n) is 9.95. The van der Waals surface area contributed by atoms with Crippen LogP contribution in [0.15, 0.2) is 42.0 Å². The standard InChI is InChI=1S/C37H56O2S/c1-7-34(39-28-14-9-8-10-15-28)35(38)40-29-20-22-36(5)27(24-29)16-17-30-32-19-18-31(26(4)13-11-12-25(2)3)37(32,6)23-21-33(30)36/h8-10,14-16,25-26,29-34H,7,11-13,17-24H2,1-6H3/t26-,29-,30-,31+,32-,33-,34+,36-,37+/m0/s1. The molecule has 0 N–H and O–H groups in total. The molecule has 0 spiro atoms. The first-order valence-corrected chi connectivity index (χ1v) is 17.6. The molecule has 0 saturated heterocycles. The normalized spacial score (nSPS) is 36.7. The van der Waals surface area contributed by atoms with Crippen LogP contribution in [0, 0.1) is 46.3 Å². The van der Waals surface area contributed by atoms with Crippen LogP contribution in [0.2, 0.25) is 0 Å². The lowest BCUT2D eigenvalue weighted by atomic mass is 9.47. The third-order valence-corrected chi connectivity index (χ3v) is 13.4. The third-order valence-electron chi connectivity index (χ3n) is 12.2. The van der Waals surface area contributed by atoms with Crippen molar-refractivity contribution in [2.75, 3.05) is 0 Å². The first-order valence-electron chi connectivity index (χ1n) is 16.8. The molecule has 0 aromatic heterocycles. The molecular weight excluding hydrogens is 508 g/mol. The highest BCUT2D eigenvalue weighted by atomic mass is 32.2. The molecular formula is C37H56O2S. The number of allylic oxidation sites excluding steroid dienone is 2. The quantitative estimate of drug-likeness (QED) is 0.264. The van der Waals surface area contributed by atoms with Crippen LogP contribution in [0.25, 0.3) is 0 Å². The largest absolute Gasteiger partial charge is 0.482 e. The number of carbonyl (C=O) groups excluding carboxylic acids is 1. The highest BCUT2D eigenvalue weighted by Gasteiger charge is 2.59. The maximum absolute atomic E-state index is 13.3. The smallest absolute Gasteiger partial charge is 0.229 e. The zero-order chi connectivity index (χ0) is 28.5. The Bertz CT molecular complexity index is 1030. The molecule has 2 nitrogen and oxygen atoms in total. The average molecular weight is 565 g/mol. The molecule has 3 saturated carbocycles. The van der Waals surface area contributed by atoms with Gasteiger partial charge in [-0.2, -0.15) is 0 Å². The van der Waals surface area contributed by atoms with E-state index in [0.29, 0.717) is 16.1 Å². The van der Waals surface area contributed by atoms with Crippen LogP contribution >= 0.6 is 11.8 Å². The molecule has 3 heteroatoms. The second-order valence-corrected chi connectivity index (χ2v) is 16.2. The Morgan fingerprint density at radius 1 is 1.00 bits per heavy atom. The predicted molar refractivity (Wildman–Crippen MR) is 171 cm³/mol. The van der Waals surface area contributed by atoms with E-state index in [-0.39, 0.29) is 11.2 Å². The van der Waals surface area contributed by atoms with Gasteiger partial charge in [-0.15, -0.1) is 0 Å². The van der Waals surface area contributed by atoms with E-state index in [1.165, 1.54) is 57.8 Å². The number of para-hydroxylation sites is 1. The number of benzene rings is 1. The van der Waals surface area contributed by atoms with Crippen LogP contribution in [0.1, 0.15) is 119 Å². The Hall–Kier alpha value is -1.22. The summed E-state index contributed by atoms with van der Waals surface area (Å²) in [5.41, 5.74) is 2.58. The summed E-state index contributed by atoms with van der Waals surface area (Å²) in [6.07, 6.45) is 17.8. The van der Waals surface area contributed by atoms with Gasteiger partial charge in [0.15, 0.2) is 6.10 Å². The lowest BCUT2D eigenvalue weighted by Gasteiger charge is -2.58. The SMILES string of the molecule is CC[C@@H](Oc1ccccc1)C(=O)S[C@H]1CC[C@@]2(C)C(=CC[C@H]3[C@@H]4CC[C@H]([C@@H](C)CCCC(C)C)[C@@]4(C)CC[C@@H]32)C1. The molecule has 40 heavy (non-hydrogen) atoms. The molecule has 0 radical (unpaired) electrons. The van der Waals surface area contributed by atoms with Crippen LogP contribution in [-0.4, -0.2) is 16.5 Å². The van der Waals surface area contributed by atoms with Crippen LogP contribution in [0.4, 0.5) is 0 Å². The fraction of sp³-hybridized carbons (Fsp3) is 0.757. The molecule has 9 atom stereocenters. The summed E-state index contributed by atoms with van der Waals surface area (Å²) in [7, 11) is 0. The van der Waals surface area contributed by atoms with Crippen molar-refractivity contribution in [3.8, 4) is 5.75 Å². The van der Waals surface area contributed by atoms with Crippen LogP contribution in [0.3, 0.4) is 0 Å². The van der Waals surface area contributed by atoms with Crippen molar-refractivity contribution in [3.05, 3.63) is 42.0 Å². The highest BCUT2D eigenvalue weighted by Crippen LogP contribution is 2.67. The van der Waals surface area contributed by atoms with Gasteiger partial charge in [0.25, 0.3) is 0 Å². The summed E-state index contributed by atoms with van der Waals surface area (Å²) in [6, 6.07) is 9.83. The van der Waals surface area contributed by atoms with Crippen molar-refractivity contribution in [1.82, 2.24) is 0 Å². The zero-order valence-electron chi connectivity index (χ0n) is 26.3. The van der Waals surface area contributed by atoms with Crippen molar-refractivity contribution in [2.45, 2.75) is 130 Å². The third kappa shape index (κ3) is 5.97. The summed E-state index contributed by atoms with van der Waals surface area (Å²) >= 11 is 1.58. The Kier molecular flexibility index (Phi) is 9.50. The minimum Gasteiger partial charge on any atom is -0.482 e. The summed E-state index contributed by atoms with van der Waals surface area (Å²) in [6.45, 7) is 14.7. The predicted octanol–water partition coefficient (Wildman–Crippen LogP) is 10.5. The average Bonchev–Trinajstić information content (AvgIpc) is 3.29. The molecule has 4 aliphatic carbocycles. The molecule has 0 aliphatic heterocycles. The van der Waals surface area contributed by atoms with Crippen molar-refractivity contribution >= 4 is 16.9 Å². The Morgan fingerprint density at radius 3 is 2.50 bits per heavy atom. The molecule has 0 heterocycles. The maximum atomic E-state index is 13.3. The van der Waals surface area contributed by atoms with E-state index in [9.17, 15) is 4.79 Å². The van der Waals surface area contributed by atoms with Gasteiger partial charge in [0.05, 0.1) is 0 Å². The summed E-state index contributed by atoms with van der Waals surface area (Å²) in [5, 5.41) is 0.607. The van der Waals surface area contributed by atoms with E-state index in [1.807, 2.05) is 30.3 Å². The molecule has 4 aliphatic rings. The van der Waals surface area contributed by atoms with Gasteiger partial charge in [-0.3, -0.25) is 4.79 Å². The molecule has 1 aromatic carbocycles. The summed E-state index contributed by atoms with van der Waals surface area (Å²) in [5.74, 6) is 6.05. The van der Waals surface area contributed by atoms with E-state index < -0.39 is 0 Å². The molecule has 222 valence electrons. The van der Waals surface area contributed by atoms with Crippen molar-refractivity contribution < 1.29 is 9.53 Å². The first-order chi connectivity index (χ1) is 19.2. The van der Waals surface area contributed by atoms with Crippen molar-refractivity contribution in [1.29, 1.82) is 0 Å². The van der Waals surface area contributed by atoms with Crippen LogP contribution in [0.5, 0.6) is 5.75 Å². The minimum absolute atomic E-state index is 0.210. The number of hydrogen-bond donors (Lipinski definition) is 0. The lowest BCUT2D eigenvalue weighted by Crippen LogP contribution is -2.50. The summed E-state index contributed by atoms with van der Waals surface area (Å²) < 4.78 is 6.09. The Labute approximate surface area is 249 Å². The number of ether oxygens (including phenoxy) is 1. The lowest BCUT2D eigenvalue weighted by molar-refractivity contribution is -0.117. The van der Waals surface area contributed by atoms with Gasteiger partial charge in [0, 0.05) is 5.25 Å². The van der Waals surface area contributed by atoms with Crippen LogP contribution in [-0.2, 0) is 4.79 Å². The number of fused-ring (bicyclic) bond motifs is 5.